The van der Waals surface area contributed by atoms with Gasteiger partial charge in [-0.2, -0.15) is 4.39 Å². The number of nitrogens with one attached hydrogen (secondary N) is 1. The summed E-state index contributed by atoms with van der Waals surface area (Å²) >= 11 is 0. The lowest BCUT2D eigenvalue weighted by Crippen LogP contribution is -2.10. The second-order valence-electron chi connectivity index (χ2n) is 4.12. The van der Waals surface area contributed by atoms with E-state index in [9.17, 15) is 14.5 Å². The number of nitrogens with two attached hydrogens (primary N) is 1. The Balaban J connectivity index is 2.39. The van der Waals surface area contributed by atoms with Gasteiger partial charge in [-0.05, 0) is 18.6 Å². The van der Waals surface area contributed by atoms with Gasteiger partial charge >= 0.3 is 5.69 Å². The number of hydrogen-bond donors (Lipinski definition) is 2. The van der Waals surface area contributed by atoms with E-state index in [2.05, 4.69) is 9.97 Å². The van der Waals surface area contributed by atoms with E-state index < -0.39 is 16.4 Å². The van der Waals surface area contributed by atoms with Crippen molar-refractivity contribution in [1.29, 1.82) is 0 Å². The van der Waals surface area contributed by atoms with Gasteiger partial charge < -0.3 is 10.7 Å². The van der Waals surface area contributed by atoms with Crippen LogP contribution in [0.5, 0.6) is 0 Å². The second-order valence-corrected chi connectivity index (χ2v) is 4.12. The van der Waals surface area contributed by atoms with Gasteiger partial charge in [0.25, 0.3) is 0 Å². The Hall–Kier alpha value is -2.28. The van der Waals surface area contributed by atoms with Crippen molar-refractivity contribution in [1.82, 2.24) is 9.97 Å². The Morgan fingerprint density at radius 1 is 1.58 bits per heavy atom. The number of aromatic nitrogens is 2. The molecule has 100 valence electrons. The average Bonchev–Trinajstić information content (AvgIpc) is 2.87. The van der Waals surface area contributed by atoms with Gasteiger partial charge in [-0.25, -0.2) is 4.98 Å². The number of nitro benzene ring substituents is 1. The molecule has 0 aliphatic rings. The first-order chi connectivity index (χ1) is 9.02. The Bertz CT molecular complexity index is 612. The lowest BCUT2D eigenvalue weighted by atomic mass is 10.1. The Morgan fingerprint density at radius 3 is 2.95 bits per heavy atom. The number of nitrogens with zero attached hydrogens (tertiary/aromatic N) is 2. The molecule has 1 atom stereocenters. The van der Waals surface area contributed by atoms with Crippen molar-refractivity contribution >= 4 is 5.69 Å². The number of H-pyrrole nitrogens is 1. The summed E-state index contributed by atoms with van der Waals surface area (Å²) in [5, 5.41) is 10.7. The average molecular weight is 264 g/mol. The topological polar surface area (TPSA) is 97.8 Å². The number of halogens is 1. The van der Waals surface area contributed by atoms with E-state index in [0.717, 1.165) is 12.5 Å². The first-order valence-corrected chi connectivity index (χ1v) is 5.77. The highest BCUT2D eigenvalue weighted by molar-refractivity contribution is 5.62. The molecule has 1 heterocycles. The highest BCUT2D eigenvalue weighted by Gasteiger charge is 2.16. The van der Waals surface area contributed by atoms with Gasteiger partial charge in [0.1, 0.15) is 5.82 Å². The minimum absolute atomic E-state index is 0.218. The van der Waals surface area contributed by atoms with Crippen LogP contribution in [0.25, 0.3) is 11.3 Å². The van der Waals surface area contributed by atoms with Crippen molar-refractivity contribution < 1.29 is 9.31 Å². The maximum Gasteiger partial charge on any atom is 0.305 e. The highest BCUT2D eigenvalue weighted by atomic mass is 19.1. The van der Waals surface area contributed by atoms with Crippen LogP contribution in [-0.4, -0.2) is 14.9 Å². The minimum Gasteiger partial charge on any atom is -0.341 e. The van der Waals surface area contributed by atoms with Crippen LogP contribution >= 0.6 is 0 Å². The summed E-state index contributed by atoms with van der Waals surface area (Å²) in [6.45, 7) is 1.93. The molecule has 0 saturated heterocycles. The van der Waals surface area contributed by atoms with Gasteiger partial charge in [0.15, 0.2) is 0 Å². The number of imidazole rings is 1. The molecule has 0 amide bonds. The van der Waals surface area contributed by atoms with Crippen LogP contribution in [0.2, 0.25) is 0 Å². The van der Waals surface area contributed by atoms with Gasteiger partial charge in [0, 0.05) is 11.6 Å². The lowest BCUT2D eigenvalue weighted by molar-refractivity contribution is -0.387. The zero-order valence-electron chi connectivity index (χ0n) is 10.3. The summed E-state index contributed by atoms with van der Waals surface area (Å²) in [6.07, 6.45) is 2.25. The second kappa shape index (κ2) is 5.15. The molecule has 1 unspecified atom stereocenters. The van der Waals surface area contributed by atoms with Crippen molar-refractivity contribution in [2.75, 3.05) is 0 Å². The molecule has 0 spiro atoms. The molecule has 19 heavy (non-hydrogen) atoms. The molecule has 1 aromatic carbocycles. The predicted molar refractivity (Wildman–Crippen MR) is 67.9 cm³/mol. The van der Waals surface area contributed by atoms with Crippen LogP contribution < -0.4 is 5.73 Å². The number of benzene rings is 1. The Morgan fingerprint density at radius 2 is 2.32 bits per heavy atom. The van der Waals surface area contributed by atoms with Crippen molar-refractivity contribution in [3.05, 3.63) is 46.2 Å². The summed E-state index contributed by atoms with van der Waals surface area (Å²) < 4.78 is 13.2. The number of rotatable bonds is 4. The quantitative estimate of drug-likeness (QED) is 0.654. The predicted octanol–water partition coefficient (Wildman–Crippen LogP) is 2.53. The maximum atomic E-state index is 13.2. The summed E-state index contributed by atoms with van der Waals surface area (Å²) in [5.41, 5.74) is 6.33. The third-order valence-electron chi connectivity index (χ3n) is 2.84. The molecule has 2 rings (SSSR count). The minimum atomic E-state index is -0.862. The van der Waals surface area contributed by atoms with Crippen LogP contribution in [0.15, 0.2) is 24.4 Å². The number of aromatic amines is 1. The Labute approximate surface area is 108 Å². The molecule has 0 saturated carbocycles. The van der Waals surface area contributed by atoms with E-state index in [0.29, 0.717) is 17.1 Å². The first kappa shape index (κ1) is 13.2. The van der Waals surface area contributed by atoms with E-state index in [4.69, 9.17) is 5.73 Å². The smallest absolute Gasteiger partial charge is 0.305 e. The summed E-state index contributed by atoms with van der Waals surface area (Å²) in [4.78, 5) is 17.0. The molecule has 0 fully saturated rings. The number of hydrogen-bond acceptors (Lipinski definition) is 4. The van der Waals surface area contributed by atoms with Crippen LogP contribution in [0.3, 0.4) is 0 Å². The van der Waals surface area contributed by atoms with Gasteiger partial charge in [-0.1, -0.05) is 6.92 Å². The molecular weight excluding hydrogens is 251 g/mol. The van der Waals surface area contributed by atoms with Crippen molar-refractivity contribution in [3.63, 3.8) is 0 Å². The van der Waals surface area contributed by atoms with E-state index in [-0.39, 0.29) is 6.04 Å². The van der Waals surface area contributed by atoms with E-state index in [1.54, 1.807) is 0 Å². The van der Waals surface area contributed by atoms with E-state index in [1.165, 1.54) is 18.3 Å². The van der Waals surface area contributed by atoms with Crippen LogP contribution in [0.4, 0.5) is 10.1 Å². The highest BCUT2D eigenvalue weighted by Crippen LogP contribution is 2.26. The third-order valence-corrected chi connectivity index (χ3v) is 2.84. The maximum absolute atomic E-state index is 13.2. The zero-order chi connectivity index (χ0) is 14.0. The van der Waals surface area contributed by atoms with Gasteiger partial charge in [-0.3, -0.25) is 10.1 Å². The van der Waals surface area contributed by atoms with Crippen LogP contribution in [0, 0.1) is 15.9 Å². The van der Waals surface area contributed by atoms with Crippen LogP contribution in [0.1, 0.15) is 25.2 Å². The summed E-state index contributed by atoms with van der Waals surface area (Å²) in [5.74, 6) is -0.261. The largest absolute Gasteiger partial charge is 0.341 e. The molecular formula is C12H13FN4O2. The zero-order valence-corrected chi connectivity index (χ0v) is 10.3. The SMILES string of the molecule is CCC(N)c1ncc(-c2ccc(F)c([N+](=O)[O-])c2)[nH]1. The molecule has 2 aromatic rings. The van der Waals surface area contributed by atoms with Crippen molar-refractivity contribution in [2.24, 2.45) is 5.73 Å². The molecule has 0 radical (unpaired) electrons. The fourth-order valence-electron chi connectivity index (χ4n) is 1.69. The van der Waals surface area contributed by atoms with Gasteiger partial charge in [-0.15, -0.1) is 0 Å². The molecule has 3 N–H and O–H groups in total. The fraction of sp³-hybridized carbons (Fsp3) is 0.250. The molecule has 0 aliphatic heterocycles. The standard InChI is InChI=1S/C12H13FN4O2/c1-2-9(14)12-15-6-10(16-12)7-3-4-8(13)11(5-7)17(18)19/h3-6,9H,2,14H2,1H3,(H,15,16). The molecule has 0 bridgehead atoms. The van der Waals surface area contributed by atoms with E-state index >= 15 is 0 Å². The first-order valence-electron chi connectivity index (χ1n) is 5.77. The molecule has 6 nitrogen and oxygen atoms in total. The molecule has 0 aliphatic carbocycles. The molecule has 7 heteroatoms. The Kier molecular flexibility index (Phi) is 3.57. The van der Waals surface area contributed by atoms with Crippen molar-refractivity contribution in [3.8, 4) is 11.3 Å². The van der Waals surface area contributed by atoms with Gasteiger partial charge in [0.2, 0.25) is 5.82 Å². The summed E-state index contributed by atoms with van der Waals surface area (Å²) in [7, 11) is 0. The lowest BCUT2D eigenvalue weighted by Gasteiger charge is -2.03. The normalized spacial score (nSPS) is 12.4. The van der Waals surface area contributed by atoms with Crippen molar-refractivity contribution in [2.45, 2.75) is 19.4 Å². The van der Waals surface area contributed by atoms with Crippen LogP contribution in [-0.2, 0) is 0 Å². The monoisotopic (exact) mass is 264 g/mol. The third kappa shape index (κ3) is 2.60. The van der Waals surface area contributed by atoms with E-state index in [1.807, 2.05) is 6.92 Å². The fourth-order valence-corrected chi connectivity index (χ4v) is 1.69. The molecule has 1 aromatic heterocycles. The summed E-state index contributed by atoms with van der Waals surface area (Å²) in [6, 6.07) is 3.47. The number of nitro groups is 1. The van der Waals surface area contributed by atoms with Gasteiger partial charge in [0.05, 0.1) is 22.9 Å².